The normalized spacial score (nSPS) is 11.3. The number of aromatic nitrogens is 1. The third kappa shape index (κ3) is 17.6. The first-order valence-electron chi connectivity index (χ1n) is 17.4. The Hall–Kier alpha value is -1.63. The highest BCUT2D eigenvalue weighted by Gasteiger charge is 2.10. The van der Waals surface area contributed by atoms with E-state index >= 15 is 0 Å². The maximum atomic E-state index is 2.47. The van der Waals surface area contributed by atoms with Gasteiger partial charge in [-0.25, -0.2) is 4.57 Å². The summed E-state index contributed by atoms with van der Waals surface area (Å²) in [4.78, 5) is 0. The standard InChI is InChI=1S/C38H64N/c1-3-5-7-9-11-13-15-17-19-21-26-30-37-32-33-39(34-36-28-24-23-25-29-36)35-38(37)31-27-22-20-18-16-14-12-10-8-6-4-2/h23-25,28-29,32-33,35H,3-22,26-27,30-31,34H2,1-2H3/q+1. The van der Waals surface area contributed by atoms with Crippen molar-refractivity contribution in [2.75, 3.05) is 0 Å². The molecule has 0 saturated heterocycles. The van der Waals surface area contributed by atoms with Gasteiger partial charge in [0.05, 0.1) is 0 Å². The molecule has 0 spiro atoms. The van der Waals surface area contributed by atoms with Crippen LogP contribution in [0.5, 0.6) is 0 Å². The Morgan fingerprint density at radius 1 is 0.436 bits per heavy atom. The minimum atomic E-state index is 0.977. The first kappa shape index (κ1) is 33.6. The maximum absolute atomic E-state index is 2.47. The van der Waals surface area contributed by atoms with Crippen LogP contribution in [0.1, 0.15) is 172 Å². The predicted octanol–water partition coefficient (Wildman–Crippen LogP) is 11.7. The van der Waals surface area contributed by atoms with Crippen molar-refractivity contribution in [1.29, 1.82) is 0 Å². The van der Waals surface area contributed by atoms with Gasteiger partial charge in [0.2, 0.25) is 0 Å². The molecule has 0 aliphatic rings. The molecule has 0 unspecified atom stereocenters. The fraction of sp³-hybridized carbons (Fsp3) is 0.711. The average Bonchev–Trinajstić information content (AvgIpc) is 2.96. The molecular weight excluding hydrogens is 470 g/mol. The van der Waals surface area contributed by atoms with Gasteiger partial charge in [-0.3, -0.25) is 0 Å². The lowest BCUT2D eigenvalue weighted by atomic mass is 9.97. The quantitative estimate of drug-likeness (QED) is 0.0834. The zero-order valence-electron chi connectivity index (χ0n) is 26.2. The van der Waals surface area contributed by atoms with Crippen molar-refractivity contribution in [2.45, 2.75) is 174 Å². The van der Waals surface area contributed by atoms with E-state index in [1.807, 2.05) is 0 Å². The molecule has 39 heavy (non-hydrogen) atoms. The molecule has 0 N–H and O–H groups in total. The molecule has 0 aliphatic heterocycles. The Kier molecular flexibility index (Phi) is 20.8. The molecule has 0 aliphatic carbocycles. The molecule has 0 radical (unpaired) electrons. The molecule has 0 fully saturated rings. The smallest absolute Gasteiger partial charge is 0.173 e. The zero-order valence-corrected chi connectivity index (χ0v) is 26.2. The van der Waals surface area contributed by atoms with Crippen LogP contribution in [0.2, 0.25) is 0 Å². The van der Waals surface area contributed by atoms with Crippen LogP contribution in [0.15, 0.2) is 48.8 Å². The molecule has 1 heterocycles. The van der Waals surface area contributed by atoms with Gasteiger partial charge in [-0.15, -0.1) is 0 Å². The van der Waals surface area contributed by atoms with Crippen LogP contribution in [-0.2, 0) is 19.4 Å². The number of rotatable bonds is 26. The number of nitrogens with zero attached hydrogens (tertiary/aromatic N) is 1. The van der Waals surface area contributed by atoms with E-state index in [0.717, 1.165) is 6.54 Å². The van der Waals surface area contributed by atoms with E-state index in [2.05, 4.69) is 67.2 Å². The largest absolute Gasteiger partial charge is 0.200 e. The van der Waals surface area contributed by atoms with E-state index < -0.39 is 0 Å². The van der Waals surface area contributed by atoms with E-state index in [0.29, 0.717) is 0 Å². The van der Waals surface area contributed by atoms with Gasteiger partial charge in [0, 0.05) is 17.2 Å². The van der Waals surface area contributed by atoms with Crippen LogP contribution < -0.4 is 4.57 Å². The van der Waals surface area contributed by atoms with E-state index in [1.165, 1.54) is 160 Å². The van der Waals surface area contributed by atoms with Crippen molar-refractivity contribution in [3.63, 3.8) is 0 Å². The van der Waals surface area contributed by atoms with Gasteiger partial charge in [-0.2, -0.15) is 0 Å². The molecule has 1 heteroatoms. The summed E-state index contributed by atoms with van der Waals surface area (Å²) in [7, 11) is 0. The highest BCUT2D eigenvalue weighted by molar-refractivity contribution is 5.22. The van der Waals surface area contributed by atoms with E-state index in [1.54, 1.807) is 11.1 Å². The molecule has 1 aromatic heterocycles. The summed E-state index contributed by atoms with van der Waals surface area (Å²) in [5, 5.41) is 0. The first-order valence-corrected chi connectivity index (χ1v) is 17.4. The molecule has 0 amide bonds. The number of pyridine rings is 1. The van der Waals surface area contributed by atoms with Crippen LogP contribution >= 0.6 is 0 Å². The summed E-state index contributed by atoms with van der Waals surface area (Å²) in [6.07, 6.45) is 38.5. The fourth-order valence-corrected chi connectivity index (χ4v) is 5.94. The molecule has 1 aromatic carbocycles. The van der Waals surface area contributed by atoms with Crippen LogP contribution in [0.25, 0.3) is 0 Å². The Bertz CT molecular complexity index is 796. The average molecular weight is 535 g/mol. The SMILES string of the molecule is CCCCCCCCCCCCCc1cc[n+](Cc2ccccc2)cc1CCCCCCCCCCCCC. The predicted molar refractivity (Wildman–Crippen MR) is 173 cm³/mol. The van der Waals surface area contributed by atoms with Gasteiger partial charge in [0.15, 0.2) is 18.9 Å². The highest BCUT2D eigenvalue weighted by atomic mass is 14.9. The molecule has 2 rings (SSSR count). The Labute approximate surface area is 244 Å². The summed E-state index contributed by atoms with van der Waals surface area (Å²) in [6.45, 7) is 5.59. The fourth-order valence-electron chi connectivity index (χ4n) is 5.94. The lowest BCUT2D eigenvalue weighted by molar-refractivity contribution is -0.688. The van der Waals surface area contributed by atoms with Crippen LogP contribution in [-0.4, -0.2) is 0 Å². The van der Waals surface area contributed by atoms with Crippen molar-refractivity contribution >= 4 is 0 Å². The van der Waals surface area contributed by atoms with Gasteiger partial charge in [-0.05, 0) is 31.2 Å². The summed E-state index contributed by atoms with van der Waals surface area (Å²) in [5.74, 6) is 0. The van der Waals surface area contributed by atoms with Crippen molar-refractivity contribution in [1.82, 2.24) is 0 Å². The van der Waals surface area contributed by atoms with E-state index in [-0.39, 0.29) is 0 Å². The summed E-state index contributed by atoms with van der Waals surface area (Å²) < 4.78 is 2.41. The molecule has 0 atom stereocenters. The molecule has 220 valence electrons. The summed E-state index contributed by atoms with van der Waals surface area (Å²) >= 11 is 0. The van der Waals surface area contributed by atoms with Crippen molar-refractivity contribution in [3.05, 3.63) is 65.5 Å². The third-order valence-corrected chi connectivity index (χ3v) is 8.51. The molecule has 1 nitrogen and oxygen atoms in total. The van der Waals surface area contributed by atoms with Crippen molar-refractivity contribution < 1.29 is 4.57 Å². The second kappa shape index (κ2) is 24.2. The second-order valence-electron chi connectivity index (χ2n) is 12.2. The van der Waals surface area contributed by atoms with Gasteiger partial charge < -0.3 is 0 Å². The lowest BCUT2D eigenvalue weighted by Gasteiger charge is -2.10. The third-order valence-electron chi connectivity index (χ3n) is 8.51. The molecule has 0 saturated carbocycles. The van der Waals surface area contributed by atoms with Gasteiger partial charge >= 0.3 is 0 Å². The molecule has 2 aromatic rings. The van der Waals surface area contributed by atoms with E-state index in [9.17, 15) is 0 Å². The van der Waals surface area contributed by atoms with Gasteiger partial charge in [0.25, 0.3) is 0 Å². The first-order chi connectivity index (χ1) is 19.3. The second-order valence-corrected chi connectivity index (χ2v) is 12.2. The number of benzene rings is 1. The highest BCUT2D eigenvalue weighted by Crippen LogP contribution is 2.18. The number of hydrogen-bond acceptors (Lipinski definition) is 0. The topological polar surface area (TPSA) is 3.88 Å². The van der Waals surface area contributed by atoms with Crippen LogP contribution in [0.3, 0.4) is 0 Å². The minimum Gasteiger partial charge on any atom is -0.200 e. The van der Waals surface area contributed by atoms with Crippen molar-refractivity contribution in [3.8, 4) is 0 Å². The molecule has 0 bridgehead atoms. The summed E-state index contributed by atoms with van der Waals surface area (Å²) in [5.41, 5.74) is 4.61. The van der Waals surface area contributed by atoms with Gasteiger partial charge in [-0.1, -0.05) is 173 Å². The molecular formula is C38H64N+. The number of hydrogen-bond donors (Lipinski definition) is 0. The summed E-state index contributed by atoms with van der Waals surface area (Å²) in [6, 6.07) is 13.4. The minimum absolute atomic E-state index is 0.977. The van der Waals surface area contributed by atoms with Gasteiger partial charge in [0.1, 0.15) is 0 Å². The van der Waals surface area contributed by atoms with E-state index in [4.69, 9.17) is 0 Å². The Morgan fingerprint density at radius 3 is 1.31 bits per heavy atom. The zero-order chi connectivity index (χ0) is 27.6. The monoisotopic (exact) mass is 535 g/mol. The van der Waals surface area contributed by atoms with Crippen LogP contribution in [0.4, 0.5) is 0 Å². The van der Waals surface area contributed by atoms with Crippen molar-refractivity contribution in [2.24, 2.45) is 0 Å². The number of unbranched alkanes of at least 4 members (excludes halogenated alkanes) is 20. The maximum Gasteiger partial charge on any atom is 0.173 e. The van der Waals surface area contributed by atoms with Crippen LogP contribution in [0, 0.1) is 0 Å². The Balaban J connectivity index is 1.70. The number of aryl methyl sites for hydroxylation is 2. The Morgan fingerprint density at radius 2 is 0.846 bits per heavy atom. The lowest BCUT2D eigenvalue weighted by Crippen LogP contribution is -2.34.